The zero-order chi connectivity index (χ0) is 23.6. The molecule has 0 aliphatic carbocycles. The Hall–Kier alpha value is -2.72. The van der Waals surface area contributed by atoms with Gasteiger partial charge in [-0.15, -0.1) is 0 Å². The number of ether oxygens (including phenoxy) is 1. The predicted octanol–water partition coefficient (Wildman–Crippen LogP) is 3.38. The van der Waals surface area contributed by atoms with Crippen LogP contribution in [0.15, 0.2) is 88.2 Å². The smallest absolute Gasteiger partial charge is 0.320 e. The van der Waals surface area contributed by atoms with Gasteiger partial charge in [0.2, 0.25) is 10.0 Å². The summed E-state index contributed by atoms with van der Waals surface area (Å²) in [4.78, 5) is 11.2. The van der Waals surface area contributed by atoms with Gasteiger partial charge in [-0.1, -0.05) is 58.4 Å². The Bertz CT molecular complexity index is 1240. The first-order chi connectivity index (χ1) is 15.7. The van der Waals surface area contributed by atoms with Crippen molar-refractivity contribution < 1.29 is 23.1 Å². The van der Waals surface area contributed by atoms with Gasteiger partial charge in [0.25, 0.3) is 0 Å². The lowest BCUT2D eigenvalue weighted by Crippen LogP contribution is -2.64. The van der Waals surface area contributed by atoms with Crippen molar-refractivity contribution in [3.63, 3.8) is 0 Å². The molecule has 3 N–H and O–H groups in total. The highest BCUT2D eigenvalue weighted by Crippen LogP contribution is 2.40. The van der Waals surface area contributed by atoms with Crippen LogP contribution in [0, 0.1) is 0 Å². The van der Waals surface area contributed by atoms with Crippen molar-refractivity contribution in [1.29, 1.82) is 0 Å². The molecule has 0 spiro atoms. The van der Waals surface area contributed by atoms with Crippen LogP contribution >= 0.6 is 15.9 Å². The minimum absolute atomic E-state index is 0.0410. The number of nitrogens with zero attached hydrogens (tertiary/aromatic N) is 1. The zero-order valence-electron chi connectivity index (χ0n) is 17.6. The molecule has 7 nitrogen and oxygen atoms in total. The number of aliphatic carboxylic acids is 1. The Balaban J connectivity index is 1.58. The Labute approximate surface area is 201 Å². The van der Waals surface area contributed by atoms with E-state index in [9.17, 15) is 13.2 Å². The largest absolute Gasteiger partial charge is 0.480 e. The molecule has 1 aliphatic rings. The normalized spacial score (nSPS) is 16.5. The van der Waals surface area contributed by atoms with E-state index in [4.69, 9.17) is 15.6 Å². The Morgan fingerprint density at radius 3 is 2.36 bits per heavy atom. The summed E-state index contributed by atoms with van der Waals surface area (Å²) < 4.78 is 35.3. The van der Waals surface area contributed by atoms with E-state index in [0.717, 1.165) is 10.0 Å². The van der Waals surface area contributed by atoms with Crippen LogP contribution in [0.3, 0.4) is 0 Å². The summed E-state index contributed by atoms with van der Waals surface area (Å²) >= 11 is 3.41. The summed E-state index contributed by atoms with van der Waals surface area (Å²) in [5.74, 6) is -0.493. The number of sulfonamides is 1. The lowest BCUT2D eigenvalue weighted by molar-refractivity contribution is -0.138. The maximum atomic E-state index is 13.3. The van der Waals surface area contributed by atoms with Crippen molar-refractivity contribution >= 4 is 31.9 Å². The molecule has 1 saturated heterocycles. The standard InChI is InChI=1S/C24H23BrN2O5S/c25-19-9-11-20(12-10-19)32-24(18-6-2-1-3-7-18)15-27(16-24)33(30,31)21-8-4-5-17(13-21)14-22(26)23(28)29/h1-13,22H,14-16,26H2,(H,28,29). The molecule has 3 aromatic carbocycles. The molecule has 1 unspecified atom stereocenters. The topological polar surface area (TPSA) is 110 Å². The predicted molar refractivity (Wildman–Crippen MR) is 127 cm³/mol. The molecule has 0 radical (unpaired) electrons. The Morgan fingerprint density at radius 2 is 1.73 bits per heavy atom. The summed E-state index contributed by atoms with van der Waals surface area (Å²) in [6, 6.07) is 22.1. The number of benzene rings is 3. The molecular weight excluding hydrogens is 508 g/mol. The molecule has 9 heteroatoms. The lowest BCUT2D eigenvalue weighted by atomic mass is 9.87. The monoisotopic (exact) mass is 530 g/mol. The molecule has 1 heterocycles. The highest BCUT2D eigenvalue weighted by atomic mass is 79.9. The molecule has 0 saturated carbocycles. The van der Waals surface area contributed by atoms with E-state index in [0.29, 0.717) is 11.3 Å². The molecule has 0 aromatic heterocycles. The molecule has 0 bridgehead atoms. The third-order valence-electron chi connectivity index (χ3n) is 5.60. The molecule has 1 atom stereocenters. The second kappa shape index (κ2) is 9.26. The van der Waals surface area contributed by atoms with E-state index in [1.807, 2.05) is 54.6 Å². The molecule has 4 rings (SSSR count). The van der Waals surface area contributed by atoms with Crippen molar-refractivity contribution in [3.8, 4) is 5.75 Å². The molecule has 172 valence electrons. The van der Waals surface area contributed by atoms with Crippen molar-refractivity contribution in [2.24, 2.45) is 5.73 Å². The van der Waals surface area contributed by atoms with Gasteiger partial charge < -0.3 is 15.6 Å². The van der Waals surface area contributed by atoms with E-state index in [-0.39, 0.29) is 24.4 Å². The van der Waals surface area contributed by atoms with Crippen LogP contribution < -0.4 is 10.5 Å². The van der Waals surface area contributed by atoms with E-state index in [1.165, 1.54) is 16.4 Å². The van der Waals surface area contributed by atoms with Crippen molar-refractivity contribution in [1.82, 2.24) is 4.31 Å². The number of carboxylic acid groups (broad SMARTS) is 1. The highest BCUT2D eigenvalue weighted by molar-refractivity contribution is 9.10. The molecular formula is C24H23BrN2O5S. The number of hydrogen-bond acceptors (Lipinski definition) is 5. The SMILES string of the molecule is NC(Cc1cccc(S(=O)(=O)N2CC(Oc3ccc(Br)cc3)(c3ccccc3)C2)c1)C(=O)O. The van der Waals surface area contributed by atoms with Gasteiger partial charge in [-0.05, 0) is 53.9 Å². The van der Waals surface area contributed by atoms with Gasteiger partial charge in [-0.2, -0.15) is 4.31 Å². The fraction of sp³-hybridized carbons (Fsp3) is 0.208. The maximum Gasteiger partial charge on any atom is 0.320 e. The summed E-state index contributed by atoms with van der Waals surface area (Å²) in [5.41, 5.74) is 6.23. The quantitative estimate of drug-likeness (QED) is 0.461. The average molecular weight is 531 g/mol. The van der Waals surface area contributed by atoms with Crippen LogP contribution in [0.5, 0.6) is 5.75 Å². The van der Waals surface area contributed by atoms with Gasteiger partial charge in [-0.3, -0.25) is 4.79 Å². The second-order valence-electron chi connectivity index (χ2n) is 7.99. The number of rotatable bonds is 8. The van der Waals surface area contributed by atoms with Gasteiger partial charge in [0.15, 0.2) is 5.60 Å². The molecule has 1 aliphatic heterocycles. The molecule has 1 fully saturated rings. The Morgan fingerprint density at radius 1 is 1.06 bits per heavy atom. The van der Waals surface area contributed by atoms with Crippen LogP contribution in [-0.2, 0) is 26.8 Å². The van der Waals surface area contributed by atoms with E-state index < -0.39 is 27.6 Å². The first kappa shape index (κ1) is 23.4. The van der Waals surface area contributed by atoms with Gasteiger partial charge >= 0.3 is 5.97 Å². The fourth-order valence-electron chi connectivity index (χ4n) is 3.79. The zero-order valence-corrected chi connectivity index (χ0v) is 20.0. The molecule has 0 amide bonds. The minimum atomic E-state index is -3.80. The van der Waals surface area contributed by atoms with E-state index >= 15 is 0 Å². The van der Waals surface area contributed by atoms with Crippen LogP contribution in [0.25, 0.3) is 0 Å². The molecule has 3 aromatic rings. The fourth-order valence-corrected chi connectivity index (χ4v) is 5.66. The molecule has 33 heavy (non-hydrogen) atoms. The van der Waals surface area contributed by atoms with Crippen LogP contribution in [0.4, 0.5) is 0 Å². The number of halogens is 1. The second-order valence-corrected chi connectivity index (χ2v) is 10.8. The summed E-state index contributed by atoms with van der Waals surface area (Å²) in [7, 11) is -3.80. The first-order valence-corrected chi connectivity index (χ1v) is 12.5. The van der Waals surface area contributed by atoms with Gasteiger partial charge in [0.1, 0.15) is 11.8 Å². The Kier molecular flexibility index (Phi) is 6.58. The van der Waals surface area contributed by atoms with Crippen molar-refractivity contribution in [3.05, 3.63) is 94.5 Å². The van der Waals surface area contributed by atoms with Gasteiger partial charge in [-0.25, -0.2) is 8.42 Å². The van der Waals surface area contributed by atoms with Crippen LogP contribution in [-0.4, -0.2) is 42.9 Å². The third kappa shape index (κ3) is 4.96. The van der Waals surface area contributed by atoms with E-state index in [1.54, 1.807) is 12.1 Å². The first-order valence-electron chi connectivity index (χ1n) is 10.3. The van der Waals surface area contributed by atoms with Crippen molar-refractivity contribution in [2.45, 2.75) is 23.0 Å². The van der Waals surface area contributed by atoms with Gasteiger partial charge in [0, 0.05) is 4.47 Å². The summed E-state index contributed by atoms with van der Waals surface area (Å²) in [5, 5.41) is 9.04. The van der Waals surface area contributed by atoms with Crippen molar-refractivity contribution in [2.75, 3.05) is 13.1 Å². The lowest BCUT2D eigenvalue weighted by Gasteiger charge is -2.48. The maximum absolute atomic E-state index is 13.3. The summed E-state index contributed by atoms with van der Waals surface area (Å²) in [6.45, 7) is 0.294. The number of carboxylic acids is 1. The number of hydrogen-bond donors (Lipinski definition) is 2. The summed E-state index contributed by atoms with van der Waals surface area (Å²) in [6.07, 6.45) is 0.0410. The number of carbonyl (C=O) groups is 1. The third-order valence-corrected chi connectivity index (χ3v) is 7.92. The highest BCUT2D eigenvalue weighted by Gasteiger charge is 2.52. The minimum Gasteiger partial charge on any atom is -0.480 e. The van der Waals surface area contributed by atoms with Gasteiger partial charge in [0.05, 0.1) is 18.0 Å². The van der Waals surface area contributed by atoms with Crippen LogP contribution in [0.1, 0.15) is 11.1 Å². The van der Waals surface area contributed by atoms with E-state index in [2.05, 4.69) is 15.9 Å². The van der Waals surface area contributed by atoms with Crippen LogP contribution in [0.2, 0.25) is 0 Å². The average Bonchev–Trinajstić information content (AvgIpc) is 2.78. The number of nitrogens with two attached hydrogens (primary N) is 1.